The standard InChI is InChI=1S/C12H17FO2/c13-9-4-5-10-11(8-9)15-12(14-10)6-2-1-3-7-12/h4-5,9-11H,1-3,6-8H2/t9-,10-,11+/m1/s1. The highest BCUT2D eigenvalue weighted by molar-refractivity contribution is 5.08. The quantitative estimate of drug-likeness (QED) is 0.575. The van der Waals surface area contributed by atoms with E-state index in [-0.39, 0.29) is 18.0 Å². The fourth-order valence-electron chi connectivity index (χ4n) is 2.90. The van der Waals surface area contributed by atoms with Crippen LogP contribution in [0.1, 0.15) is 38.5 Å². The van der Waals surface area contributed by atoms with Crippen molar-refractivity contribution in [2.75, 3.05) is 0 Å². The first-order chi connectivity index (χ1) is 7.27. The Balaban J connectivity index is 1.74. The summed E-state index contributed by atoms with van der Waals surface area (Å²) in [6, 6.07) is 0. The number of fused-ring (bicyclic) bond motifs is 1. The van der Waals surface area contributed by atoms with Crippen LogP contribution in [0.15, 0.2) is 12.2 Å². The molecule has 15 heavy (non-hydrogen) atoms. The van der Waals surface area contributed by atoms with Crippen molar-refractivity contribution in [3.63, 3.8) is 0 Å². The molecule has 3 aliphatic rings. The minimum Gasteiger partial charge on any atom is -0.343 e. The second-order valence-corrected chi connectivity index (χ2v) is 4.85. The van der Waals surface area contributed by atoms with E-state index in [1.54, 1.807) is 6.08 Å². The van der Waals surface area contributed by atoms with Crippen molar-refractivity contribution in [3.8, 4) is 0 Å². The van der Waals surface area contributed by atoms with E-state index in [1.165, 1.54) is 19.3 Å². The molecule has 0 aromatic heterocycles. The molecule has 3 heteroatoms. The van der Waals surface area contributed by atoms with E-state index >= 15 is 0 Å². The van der Waals surface area contributed by atoms with E-state index in [4.69, 9.17) is 9.47 Å². The van der Waals surface area contributed by atoms with Crippen molar-refractivity contribution in [1.29, 1.82) is 0 Å². The Bertz CT molecular complexity index is 271. The van der Waals surface area contributed by atoms with Gasteiger partial charge in [0.05, 0.1) is 6.10 Å². The molecule has 2 nitrogen and oxygen atoms in total. The summed E-state index contributed by atoms with van der Waals surface area (Å²) in [4.78, 5) is 0. The molecule has 1 saturated heterocycles. The van der Waals surface area contributed by atoms with Crippen LogP contribution < -0.4 is 0 Å². The van der Waals surface area contributed by atoms with Gasteiger partial charge in [0.25, 0.3) is 0 Å². The molecule has 3 rings (SSSR count). The van der Waals surface area contributed by atoms with Gasteiger partial charge in [0.2, 0.25) is 0 Å². The van der Waals surface area contributed by atoms with Crippen molar-refractivity contribution < 1.29 is 13.9 Å². The van der Waals surface area contributed by atoms with Gasteiger partial charge in [-0.05, 0) is 12.8 Å². The van der Waals surface area contributed by atoms with E-state index in [1.807, 2.05) is 6.08 Å². The highest BCUT2D eigenvalue weighted by Gasteiger charge is 2.48. The van der Waals surface area contributed by atoms with Crippen LogP contribution >= 0.6 is 0 Å². The Kier molecular flexibility index (Phi) is 2.33. The Morgan fingerprint density at radius 3 is 2.67 bits per heavy atom. The van der Waals surface area contributed by atoms with Gasteiger partial charge in [-0.2, -0.15) is 0 Å². The molecule has 84 valence electrons. The lowest BCUT2D eigenvalue weighted by molar-refractivity contribution is -0.191. The van der Waals surface area contributed by atoms with Gasteiger partial charge in [-0.1, -0.05) is 18.6 Å². The minimum atomic E-state index is -0.853. The number of hydrogen-bond donors (Lipinski definition) is 0. The van der Waals surface area contributed by atoms with E-state index in [2.05, 4.69) is 0 Å². The van der Waals surface area contributed by atoms with Gasteiger partial charge < -0.3 is 9.47 Å². The predicted octanol–water partition coefficient (Wildman–Crippen LogP) is 2.73. The first-order valence-corrected chi connectivity index (χ1v) is 5.95. The van der Waals surface area contributed by atoms with E-state index in [0.29, 0.717) is 6.42 Å². The van der Waals surface area contributed by atoms with Crippen LogP contribution in [0.4, 0.5) is 4.39 Å². The van der Waals surface area contributed by atoms with Crippen molar-refractivity contribution in [2.45, 2.75) is 62.7 Å². The van der Waals surface area contributed by atoms with Crippen molar-refractivity contribution >= 4 is 0 Å². The van der Waals surface area contributed by atoms with E-state index in [0.717, 1.165) is 12.8 Å². The number of alkyl halides is 1. The number of hydrogen-bond acceptors (Lipinski definition) is 2. The average molecular weight is 212 g/mol. The van der Waals surface area contributed by atoms with Crippen LogP contribution in [0, 0.1) is 0 Å². The molecule has 0 bridgehead atoms. The number of halogens is 1. The molecule has 0 N–H and O–H groups in total. The predicted molar refractivity (Wildman–Crippen MR) is 54.2 cm³/mol. The van der Waals surface area contributed by atoms with Crippen molar-refractivity contribution in [2.24, 2.45) is 0 Å². The summed E-state index contributed by atoms with van der Waals surface area (Å²) in [6.45, 7) is 0. The smallest absolute Gasteiger partial charge is 0.169 e. The Morgan fingerprint density at radius 1 is 1.07 bits per heavy atom. The lowest BCUT2D eigenvalue weighted by atomic mass is 9.94. The fraction of sp³-hybridized carbons (Fsp3) is 0.833. The lowest BCUT2D eigenvalue weighted by Gasteiger charge is -2.31. The maximum atomic E-state index is 13.2. The van der Waals surface area contributed by atoms with Gasteiger partial charge in [-0.15, -0.1) is 0 Å². The highest BCUT2D eigenvalue weighted by Crippen LogP contribution is 2.43. The molecular weight excluding hydrogens is 195 g/mol. The second-order valence-electron chi connectivity index (χ2n) is 4.85. The summed E-state index contributed by atoms with van der Waals surface area (Å²) in [6.07, 6.45) is 8.55. The summed E-state index contributed by atoms with van der Waals surface area (Å²) >= 11 is 0. The normalized spacial score (nSPS) is 43.1. The van der Waals surface area contributed by atoms with Crippen LogP contribution in [0.2, 0.25) is 0 Å². The molecule has 1 heterocycles. The van der Waals surface area contributed by atoms with Crippen LogP contribution in [0.5, 0.6) is 0 Å². The molecule has 0 unspecified atom stereocenters. The van der Waals surface area contributed by atoms with Crippen LogP contribution in [-0.2, 0) is 9.47 Å². The topological polar surface area (TPSA) is 18.5 Å². The molecule has 0 aromatic rings. The fourth-order valence-corrected chi connectivity index (χ4v) is 2.90. The lowest BCUT2D eigenvalue weighted by Crippen LogP contribution is -2.33. The van der Waals surface area contributed by atoms with Crippen LogP contribution in [-0.4, -0.2) is 24.2 Å². The van der Waals surface area contributed by atoms with E-state index < -0.39 is 6.17 Å². The zero-order chi connectivity index (χ0) is 10.3. The molecule has 1 aliphatic heterocycles. The molecule has 0 amide bonds. The number of ether oxygens (including phenoxy) is 2. The highest BCUT2D eigenvalue weighted by atomic mass is 19.1. The summed E-state index contributed by atoms with van der Waals surface area (Å²) in [5, 5.41) is 0. The van der Waals surface area contributed by atoms with Gasteiger partial charge in [0.15, 0.2) is 5.79 Å². The molecule has 1 spiro atoms. The first-order valence-electron chi connectivity index (χ1n) is 5.95. The maximum absolute atomic E-state index is 13.2. The molecule has 2 aliphatic carbocycles. The molecule has 0 radical (unpaired) electrons. The van der Waals surface area contributed by atoms with Gasteiger partial charge in [0, 0.05) is 19.3 Å². The second kappa shape index (κ2) is 3.56. The molecule has 2 fully saturated rings. The minimum absolute atomic E-state index is 0.00454. The third kappa shape index (κ3) is 1.72. The Morgan fingerprint density at radius 2 is 1.87 bits per heavy atom. The summed E-state index contributed by atoms with van der Waals surface area (Å²) in [7, 11) is 0. The van der Waals surface area contributed by atoms with Gasteiger partial charge in [0.1, 0.15) is 12.3 Å². The number of allylic oxidation sites excluding steroid dienone is 1. The molecule has 0 aromatic carbocycles. The molecule has 1 saturated carbocycles. The summed E-state index contributed by atoms with van der Waals surface area (Å²) in [5.41, 5.74) is 0. The average Bonchev–Trinajstić information content (AvgIpc) is 2.56. The monoisotopic (exact) mass is 212 g/mol. The van der Waals surface area contributed by atoms with Crippen LogP contribution in [0.3, 0.4) is 0 Å². The molecule has 3 atom stereocenters. The summed E-state index contributed by atoms with van der Waals surface area (Å²) in [5.74, 6) is -0.373. The third-order valence-electron chi connectivity index (χ3n) is 3.67. The Labute approximate surface area is 89.4 Å². The maximum Gasteiger partial charge on any atom is 0.169 e. The van der Waals surface area contributed by atoms with Crippen LogP contribution in [0.25, 0.3) is 0 Å². The van der Waals surface area contributed by atoms with Gasteiger partial charge in [-0.25, -0.2) is 4.39 Å². The number of rotatable bonds is 0. The summed E-state index contributed by atoms with van der Waals surface area (Å²) < 4.78 is 25.1. The van der Waals surface area contributed by atoms with Crippen molar-refractivity contribution in [3.05, 3.63) is 12.2 Å². The van der Waals surface area contributed by atoms with Gasteiger partial charge in [-0.3, -0.25) is 0 Å². The largest absolute Gasteiger partial charge is 0.343 e. The van der Waals surface area contributed by atoms with E-state index in [9.17, 15) is 4.39 Å². The Hall–Kier alpha value is -0.410. The zero-order valence-electron chi connectivity index (χ0n) is 8.82. The third-order valence-corrected chi connectivity index (χ3v) is 3.67. The SMILES string of the molecule is F[C@@H]1C=C[C@H]2OC3(CCCCC3)O[C@H]2C1. The zero-order valence-corrected chi connectivity index (χ0v) is 8.82. The first kappa shape index (κ1) is 9.79. The van der Waals surface area contributed by atoms with Crippen molar-refractivity contribution in [1.82, 2.24) is 0 Å². The molecular formula is C12H17FO2. The van der Waals surface area contributed by atoms with Gasteiger partial charge >= 0.3 is 0 Å².